The fourth-order valence-corrected chi connectivity index (χ4v) is 3.77. The van der Waals surface area contributed by atoms with Crippen LogP contribution in [0.25, 0.3) is 0 Å². The SMILES string of the molecule is CCOC(=O)CC(C)N1CC2CNCC2C1(C)C. The quantitative estimate of drug-likeness (QED) is 0.767. The number of fused-ring (bicyclic) bond motifs is 1. The monoisotopic (exact) mass is 254 g/mol. The summed E-state index contributed by atoms with van der Waals surface area (Å²) in [5.74, 6) is 1.38. The molecule has 0 bridgehead atoms. The molecule has 2 heterocycles. The van der Waals surface area contributed by atoms with E-state index >= 15 is 0 Å². The first kappa shape index (κ1) is 13.8. The second-order valence-corrected chi connectivity index (χ2v) is 6.19. The van der Waals surface area contributed by atoms with E-state index in [2.05, 4.69) is 31.0 Å². The number of likely N-dealkylation sites (tertiary alicyclic amines) is 1. The highest BCUT2D eigenvalue weighted by Crippen LogP contribution is 2.42. The van der Waals surface area contributed by atoms with Crippen LogP contribution in [0.1, 0.15) is 34.1 Å². The lowest BCUT2D eigenvalue weighted by Crippen LogP contribution is -2.49. The predicted octanol–water partition coefficient (Wildman–Crippen LogP) is 1.26. The molecule has 0 aromatic carbocycles. The molecule has 1 N–H and O–H groups in total. The minimum absolute atomic E-state index is 0.0732. The minimum Gasteiger partial charge on any atom is -0.466 e. The number of nitrogens with one attached hydrogen (secondary N) is 1. The second kappa shape index (κ2) is 5.17. The molecular formula is C14H26N2O2. The van der Waals surface area contributed by atoms with Crippen LogP contribution >= 0.6 is 0 Å². The lowest BCUT2D eigenvalue weighted by Gasteiger charge is -2.39. The first-order chi connectivity index (χ1) is 8.46. The highest BCUT2D eigenvalue weighted by molar-refractivity contribution is 5.70. The summed E-state index contributed by atoms with van der Waals surface area (Å²) < 4.78 is 5.06. The van der Waals surface area contributed by atoms with Crippen LogP contribution in [0.2, 0.25) is 0 Å². The zero-order valence-electron chi connectivity index (χ0n) is 12.0. The summed E-state index contributed by atoms with van der Waals surface area (Å²) in [6, 6.07) is 0.268. The van der Waals surface area contributed by atoms with Crippen molar-refractivity contribution < 1.29 is 9.53 Å². The third kappa shape index (κ3) is 2.41. The highest BCUT2D eigenvalue weighted by Gasteiger charge is 2.50. The van der Waals surface area contributed by atoms with Gasteiger partial charge in [0, 0.05) is 24.7 Å². The molecule has 2 aliphatic rings. The highest BCUT2D eigenvalue weighted by atomic mass is 16.5. The molecule has 0 saturated carbocycles. The molecule has 2 fully saturated rings. The van der Waals surface area contributed by atoms with Gasteiger partial charge in [0.1, 0.15) is 0 Å². The number of ether oxygens (including phenoxy) is 1. The third-order valence-electron chi connectivity index (χ3n) is 4.72. The topological polar surface area (TPSA) is 41.6 Å². The first-order valence-corrected chi connectivity index (χ1v) is 7.10. The van der Waals surface area contributed by atoms with Crippen LogP contribution in [0.5, 0.6) is 0 Å². The molecule has 2 rings (SSSR count). The van der Waals surface area contributed by atoms with Gasteiger partial charge >= 0.3 is 5.97 Å². The maximum Gasteiger partial charge on any atom is 0.307 e. The predicted molar refractivity (Wildman–Crippen MR) is 71.3 cm³/mol. The molecule has 0 spiro atoms. The van der Waals surface area contributed by atoms with E-state index in [1.54, 1.807) is 0 Å². The van der Waals surface area contributed by atoms with Crippen molar-refractivity contribution in [1.29, 1.82) is 0 Å². The Labute approximate surface area is 110 Å². The van der Waals surface area contributed by atoms with Gasteiger partial charge in [-0.05, 0) is 46.1 Å². The van der Waals surface area contributed by atoms with E-state index in [4.69, 9.17) is 4.74 Å². The lowest BCUT2D eigenvalue weighted by atomic mass is 9.84. The molecule has 0 amide bonds. The van der Waals surface area contributed by atoms with E-state index in [1.807, 2.05) is 6.92 Å². The molecule has 3 atom stereocenters. The molecule has 0 aromatic rings. The number of carbonyl (C=O) groups excluding carboxylic acids is 1. The summed E-state index contributed by atoms with van der Waals surface area (Å²) >= 11 is 0. The number of hydrogen-bond acceptors (Lipinski definition) is 4. The van der Waals surface area contributed by atoms with E-state index in [9.17, 15) is 4.79 Å². The Kier molecular flexibility index (Phi) is 3.97. The van der Waals surface area contributed by atoms with Crippen LogP contribution in [-0.4, -0.2) is 48.7 Å². The molecule has 2 saturated heterocycles. The van der Waals surface area contributed by atoms with Crippen molar-refractivity contribution in [2.75, 3.05) is 26.2 Å². The van der Waals surface area contributed by atoms with Crippen LogP contribution in [0.3, 0.4) is 0 Å². The zero-order valence-corrected chi connectivity index (χ0v) is 12.0. The molecule has 4 heteroatoms. The molecule has 0 aromatic heterocycles. The van der Waals surface area contributed by atoms with Crippen LogP contribution in [0.15, 0.2) is 0 Å². The van der Waals surface area contributed by atoms with Crippen molar-refractivity contribution >= 4 is 5.97 Å². The molecule has 4 nitrogen and oxygen atoms in total. The first-order valence-electron chi connectivity index (χ1n) is 7.10. The van der Waals surface area contributed by atoms with E-state index in [1.165, 1.54) is 0 Å². The Bertz CT molecular complexity index is 317. The largest absolute Gasteiger partial charge is 0.466 e. The van der Waals surface area contributed by atoms with Crippen LogP contribution < -0.4 is 5.32 Å². The number of nitrogens with zero attached hydrogens (tertiary/aromatic N) is 1. The van der Waals surface area contributed by atoms with Crippen molar-refractivity contribution in [3.63, 3.8) is 0 Å². The molecule has 3 unspecified atom stereocenters. The van der Waals surface area contributed by atoms with Gasteiger partial charge in [0.15, 0.2) is 0 Å². The fraction of sp³-hybridized carbons (Fsp3) is 0.929. The van der Waals surface area contributed by atoms with Crippen molar-refractivity contribution in [1.82, 2.24) is 10.2 Å². The second-order valence-electron chi connectivity index (χ2n) is 6.19. The van der Waals surface area contributed by atoms with Gasteiger partial charge in [-0.1, -0.05) is 0 Å². The maximum absolute atomic E-state index is 11.6. The Morgan fingerprint density at radius 2 is 2.22 bits per heavy atom. The average molecular weight is 254 g/mol. The molecule has 2 aliphatic heterocycles. The summed E-state index contributed by atoms with van der Waals surface area (Å²) in [5, 5.41) is 3.48. The Morgan fingerprint density at radius 1 is 1.50 bits per heavy atom. The van der Waals surface area contributed by atoms with Gasteiger partial charge in [0.2, 0.25) is 0 Å². The van der Waals surface area contributed by atoms with E-state index in [-0.39, 0.29) is 17.6 Å². The van der Waals surface area contributed by atoms with Crippen molar-refractivity contribution in [3.8, 4) is 0 Å². The summed E-state index contributed by atoms with van der Waals surface area (Å²) in [6.07, 6.45) is 0.504. The normalized spacial score (nSPS) is 32.2. The van der Waals surface area contributed by atoms with Gasteiger partial charge in [-0.25, -0.2) is 0 Å². The molecular weight excluding hydrogens is 228 g/mol. The molecule has 0 aliphatic carbocycles. The molecule has 0 radical (unpaired) electrons. The smallest absolute Gasteiger partial charge is 0.307 e. The Morgan fingerprint density at radius 3 is 2.83 bits per heavy atom. The van der Waals surface area contributed by atoms with Crippen molar-refractivity contribution in [2.24, 2.45) is 11.8 Å². The minimum atomic E-state index is -0.0732. The fourth-order valence-electron chi connectivity index (χ4n) is 3.77. The maximum atomic E-state index is 11.6. The van der Waals surface area contributed by atoms with E-state index in [0.717, 1.165) is 25.6 Å². The van der Waals surface area contributed by atoms with Gasteiger partial charge in [-0.15, -0.1) is 0 Å². The summed E-state index contributed by atoms with van der Waals surface area (Å²) in [5.41, 5.74) is 0.181. The van der Waals surface area contributed by atoms with Crippen molar-refractivity contribution in [2.45, 2.75) is 45.7 Å². The van der Waals surface area contributed by atoms with Crippen molar-refractivity contribution in [3.05, 3.63) is 0 Å². The molecule has 104 valence electrons. The standard InChI is InChI=1S/C14H26N2O2/c1-5-18-13(17)6-10(2)16-9-11-7-15-8-12(11)14(16,3)4/h10-12,15H,5-9H2,1-4H3. The van der Waals surface area contributed by atoms with Gasteiger partial charge in [-0.2, -0.15) is 0 Å². The summed E-state index contributed by atoms with van der Waals surface area (Å²) in [4.78, 5) is 14.1. The zero-order chi connectivity index (χ0) is 13.3. The lowest BCUT2D eigenvalue weighted by molar-refractivity contribution is -0.144. The van der Waals surface area contributed by atoms with Gasteiger partial charge in [0.05, 0.1) is 13.0 Å². The Hall–Kier alpha value is -0.610. The number of rotatable bonds is 4. The average Bonchev–Trinajstić information content (AvgIpc) is 2.81. The van der Waals surface area contributed by atoms with Crippen LogP contribution in [0.4, 0.5) is 0 Å². The molecule has 18 heavy (non-hydrogen) atoms. The van der Waals surface area contributed by atoms with Crippen LogP contribution in [0, 0.1) is 11.8 Å². The van der Waals surface area contributed by atoms with Gasteiger partial charge in [-0.3, -0.25) is 9.69 Å². The number of hydrogen-bond donors (Lipinski definition) is 1. The van der Waals surface area contributed by atoms with E-state index < -0.39 is 0 Å². The van der Waals surface area contributed by atoms with E-state index in [0.29, 0.717) is 18.9 Å². The number of carbonyl (C=O) groups is 1. The van der Waals surface area contributed by atoms with Gasteiger partial charge in [0.25, 0.3) is 0 Å². The number of esters is 1. The van der Waals surface area contributed by atoms with Crippen LogP contribution in [-0.2, 0) is 9.53 Å². The summed E-state index contributed by atoms with van der Waals surface area (Å²) in [6.45, 7) is 12.4. The summed E-state index contributed by atoms with van der Waals surface area (Å²) in [7, 11) is 0. The van der Waals surface area contributed by atoms with Gasteiger partial charge < -0.3 is 10.1 Å². The third-order valence-corrected chi connectivity index (χ3v) is 4.72. The Balaban J connectivity index is 1.98.